The molecule has 1 aliphatic carbocycles. The van der Waals surface area contributed by atoms with Gasteiger partial charge in [-0.3, -0.25) is 0 Å². The number of hydrogen-bond donors (Lipinski definition) is 1. The van der Waals surface area contributed by atoms with Gasteiger partial charge in [0.15, 0.2) is 0 Å². The summed E-state index contributed by atoms with van der Waals surface area (Å²) in [6.07, 6.45) is -0.810. The molecule has 1 aliphatic rings. The molecule has 6 nitrogen and oxygen atoms in total. The number of benzene rings is 1. The Balaban J connectivity index is 1.46. The maximum absolute atomic E-state index is 13.0. The number of nitrogens with one attached hydrogen (secondary N) is 1. The van der Waals surface area contributed by atoms with Crippen molar-refractivity contribution < 1.29 is 22.5 Å². The van der Waals surface area contributed by atoms with Gasteiger partial charge >= 0.3 is 183 Å². The third kappa shape index (κ3) is 4.98. The molecule has 2 atom stereocenters. The summed E-state index contributed by atoms with van der Waals surface area (Å²) in [5.74, 6) is 0.533. The van der Waals surface area contributed by atoms with Gasteiger partial charge in [-0.1, -0.05) is 0 Å². The van der Waals surface area contributed by atoms with Crippen molar-refractivity contribution in [3.8, 4) is 11.5 Å². The molecule has 31 heavy (non-hydrogen) atoms. The van der Waals surface area contributed by atoms with E-state index in [1.807, 2.05) is 0 Å². The summed E-state index contributed by atoms with van der Waals surface area (Å²) < 4.78 is 44.4. The van der Waals surface area contributed by atoms with E-state index in [-0.39, 0.29) is 22.5 Å². The van der Waals surface area contributed by atoms with E-state index >= 15 is 0 Å². The van der Waals surface area contributed by atoms with Gasteiger partial charge in [0, 0.05) is 0 Å². The first-order valence-electron chi connectivity index (χ1n) is 9.76. The zero-order valence-electron chi connectivity index (χ0n) is 16.6. The molecule has 0 unspecified atom stereocenters. The van der Waals surface area contributed by atoms with Gasteiger partial charge in [0.05, 0.1) is 0 Å². The summed E-state index contributed by atoms with van der Waals surface area (Å²) in [5, 5.41) is 6.89. The van der Waals surface area contributed by atoms with Crippen LogP contribution in [0.15, 0.2) is 47.1 Å². The molecule has 2 aromatic heterocycles. The fourth-order valence-corrected chi connectivity index (χ4v) is 6.40. The van der Waals surface area contributed by atoms with E-state index in [4.69, 9.17) is 4.52 Å². The van der Waals surface area contributed by atoms with Crippen LogP contribution in [0.2, 0.25) is 4.71 Å². The van der Waals surface area contributed by atoms with Gasteiger partial charge in [0.1, 0.15) is 0 Å². The summed E-state index contributed by atoms with van der Waals surface area (Å²) in [7, 11) is 0. The van der Waals surface area contributed by atoms with E-state index in [0.717, 1.165) is 31.5 Å². The standard InChI is InChI=1S/C21H19AsF3N4O2/c1-12-27-20(31-29-12)15-6-3-2-5-14(15)19(30)28-17-8-4-7-16(17)22-18-10-9-13(11-26-18)21(23,24)25/h2-3,5-6,9-11,16-17H,4,7-8H2,1H3,(H,28,30)/t16-,17-/m0/s1. The summed E-state index contributed by atoms with van der Waals surface area (Å²) in [6.45, 7) is 1.71. The predicted molar refractivity (Wildman–Crippen MR) is 108 cm³/mol. The van der Waals surface area contributed by atoms with Crippen molar-refractivity contribution in [1.82, 2.24) is 20.4 Å². The molecule has 0 spiro atoms. The van der Waals surface area contributed by atoms with Crippen LogP contribution in [0.5, 0.6) is 0 Å². The Labute approximate surface area is 183 Å². The van der Waals surface area contributed by atoms with Crippen molar-refractivity contribution in [1.29, 1.82) is 0 Å². The van der Waals surface area contributed by atoms with E-state index in [1.165, 1.54) is 6.07 Å². The maximum atomic E-state index is 13.0. The van der Waals surface area contributed by atoms with Gasteiger partial charge in [0.25, 0.3) is 0 Å². The van der Waals surface area contributed by atoms with Crippen molar-refractivity contribution >= 4 is 26.1 Å². The number of carbonyl (C=O) groups excluding carboxylic acids is 1. The predicted octanol–water partition coefficient (Wildman–Crippen LogP) is 3.56. The Morgan fingerprint density at radius 2 is 2.00 bits per heavy atom. The van der Waals surface area contributed by atoms with E-state index in [9.17, 15) is 18.0 Å². The molecule has 1 fully saturated rings. The number of amides is 1. The fraction of sp³-hybridized carbons (Fsp3) is 0.333. The molecule has 0 saturated heterocycles. The number of nitrogens with zero attached hydrogens (tertiary/aromatic N) is 3. The quantitative estimate of drug-likeness (QED) is 0.553. The van der Waals surface area contributed by atoms with Gasteiger partial charge in [-0.15, -0.1) is 0 Å². The number of pyridine rings is 1. The SMILES string of the molecule is Cc1noc(-c2ccccc2C(=O)N[C@H]2CCC[C@@H]2[As]c2ccc(C(F)(F)F)cn2)n1. The normalized spacial score (nSPS) is 19.2. The number of alkyl halides is 3. The molecule has 10 heteroatoms. The van der Waals surface area contributed by atoms with Crippen LogP contribution in [0.3, 0.4) is 0 Å². The van der Waals surface area contributed by atoms with E-state index < -0.39 is 27.5 Å². The molecule has 1 amide bonds. The van der Waals surface area contributed by atoms with Gasteiger partial charge in [0.2, 0.25) is 0 Å². The van der Waals surface area contributed by atoms with Crippen LogP contribution in [0.4, 0.5) is 13.2 Å². The van der Waals surface area contributed by atoms with E-state index in [2.05, 4.69) is 20.4 Å². The minimum atomic E-state index is -4.39. The zero-order valence-corrected chi connectivity index (χ0v) is 18.4. The Kier molecular flexibility index (Phi) is 6.14. The molecule has 161 valence electrons. The van der Waals surface area contributed by atoms with Crippen LogP contribution in [-0.2, 0) is 6.18 Å². The van der Waals surface area contributed by atoms with E-state index in [0.29, 0.717) is 21.4 Å². The zero-order chi connectivity index (χ0) is 22.0. The second-order valence-corrected chi connectivity index (χ2v) is 10.2. The number of aromatic nitrogens is 3. The van der Waals surface area contributed by atoms with Crippen molar-refractivity contribution in [2.24, 2.45) is 0 Å². The third-order valence-corrected chi connectivity index (χ3v) is 8.20. The first-order chi connectivity index (χ1) is 14.8. The Morgan fingerprint density at radius 3 is 2.68 bits per heavy atom. The van der Waals surface area contributed by atoms with Crippen LogP contribution < -0.4 is 9.80 Å². The molecule has 1 radical (unpaired) electrons. The molecule has 4 rings (SSSR count). The molecule has 3 aromatic rings. The summed E-state index contributed by atoms with van der Waals surface area (Å²) in [5.41, 5.74) is 0.259. The first-order valence-corrected chi connectivity index (χ1v) is 11.8. The second-order valence-electron chi connectivity index (χ2n) is 7.30. The molecule has 1 saturated carbocycles. The van der Waals surface area contributed by atoms with E-state index in [1.54, 1.807) is 31.2 Å². The van der Waals surface area contributed by atoms with Crippen LogP contribution >= 0.6 is 0 Å². The monoisotopic (exact) mass is 491 g/mol. The molecule has 0 bridgehead atoms. The average molecular weight is 491 g/mol. The van der Waals surface area contributed by atoms with Crippen LogP contribution in [0.25, 0.3) is 11.5 Å². The molecule has 0 aliphatic heterocycles. The Hall–Kier alpha value is -2.67. The number of carbonyl (C=O) groups is 1. The second kappa shape index (κ2) is 8.83. The Bertz CT molecular complexity index is 1070. The number of aryl methyl sites for hydroxylation is 1. The number of rotatable bonds is 5. The van der Waals surface area contributed by atoms with Crippen molar-refractivity contribution in [3.05, 3.63) is 59.5 Å². The summed E-state index contributed by atoms with van der Waals surface area (Å²) in [4.78, 5) is 21.3. The summed E-state index contributed by atoms with van der Waals surface area (Å²) >= 11 is -0.480. The topological polar surface area (TPSA) is 80.9 Å². The third-order valence-electron chi connectivity index (χ3n) is 5.10. The van der Waals surface area contributed by atoms with Crippen LogP contribution in [0, 0.1) is 6.92 Å². The molecule has 2 heterocycles. The van der Waals surface area contributed by atoms with Crippen molar-refractivity contribution in [2.75, 3.05) is 0 Å². The van der Waals surface area contributed by atoms with Gasteiger partial charge in [-0.25, -0.2) is 0 Å². The van der Waals surface area contributed by atoms with Crippen LogP contribution in [-0.4, -0.2) is 42.8 Å². The first kappa shape index (κ1) is 21.6. The van der Waals surface area contributed by atoms with Crippen molar-refractivity contribution in [2.45, 2.75) is 43.1 Å². The minimum absolute atomic E-state index is 0.0472. The molecular formula is C21H19AsF3N4O2. The summed E-state index contributed by atoms with van der Waals surface area (Å²) in [6, 6.07) is 9.51. The molecule has 1 aromatic carbocycles. The van der Waals surface area contributed by atoms with Gasteiger partial charge < -0.3 is 0 Å². The number of halogens is 3. The van der Waals surface area contributed by atoms with Crippen molar-refractivity contribution in [3.63, 3.8) is 0 Å². The van der Waals surface area contributed by atoms with Gasteiger partial charge in [-0.2, -0.15) is 0 Å². The number of hydrogen-bond acceptors (Lipinski definition) is 5. The van der Waals surface area contributed by atoms with Crippen LogP contribution in [0.1, 0.15) is 41.0 Å². The fourth-order valence-electron chi connectivity index (χ4n) is 3.58. The average Bonchev–Trinajstić information content (AvgIpc) is 3.36. The molecule has 1 N–H and O–H groups in total. The van der Waals surface area contributed by atoms with Gasteiger partial charge in [-0.05, 0) is 0 Å². The molecular weight excluding hydrogens is 472 g/mol. The Morgan fingerprint density at radius 1 is 1.19 bits per heavy atom.